The Morgan fingerprint density at radius 1 is 1.47 bits per heavy atom. The summed E-state index contributed by atoms with van der Waals surface area (Å²) in [6.07, 6.45) is 3.27. The van der Waals surface area contributed by atoms with Gasteiger partial charge in [0, 0.05) is 6.54 Å². The number of nitrogens with one attached hydrogen (secondary N) is 1. The van der Waals surface area contributed by atoms with Crippen molar-refractivity contribution < 1.29 is 14.6 Å². The third kappa shape index (κ3) is 2.69. The number of amides is 1. The van der Waals surface area contributed by atoms with E-state index < -0.39 is 0 Å². The van der Waals surface area contributed by atoms with Crippen molar-refractivity contribution in [2.24, 2.45) is 5.92 Å². The zero-order chi connectivity index (χ0) is 10.8. The minimum atomic E-state index is -0.245. The lowest BCUT2D eigenvalue weighted by molar-refractivity contribution is -0.132. The van der Waals surface area contributed by atoms with Crippen LogP contribution in [-0.2, 0) is 9.53 Å². The number of carbonyl (C=O) groups is 1. The molecule has 0 aromatic rings. The second-order valence-corrected chi connectivity index (χ2v) is 4.75. The van der Waals surface area contributed by atoms with Crippen LogP contribution in [0.5, 0.6) is 0 Å². The topological polar surface area (TPSA) is 58.6 Å². The fourth-order valence-corrected chi connectivity index (χ4v) is 2.22. The number of hydrogen-bond acceptors (Lipinski definition) is 3. The highest BCUT2D eigenvalue weighted by Crippen LogP contribution is 2.26. The van der Waals surface area contributed by atoms with Crippen LogP contribution in [0.15, 0.2) is 0 Å². The first-order valence-electron chi connectivity index (χ1n) is 5.76. The molecule has 4 heteroatoms. The van der Waals surface area contributed by atoms with Gasteiger partial charge in [-0.1, -0.05) is 0 Å². The summed E-state index contributed by atoms with van der Waals surface area (Å²) in [4.78, 5) is 11.6. The van der Waals surface area contributed by atoms with Crippen LogP contribution >= 0.6 is 0 Å². The van der Waals surface area contributed by atoms with E-state index in [1.807, 2.05) is 6.92 Å². The van der Waals surface area contributed by atoms with Crippen LogP contribution < -0.4 is 5.32 Å². The van der Waals surface area contributed by atoms with Crippen molar-refractivity contribution in [2.45, 2.75) is 50.9 Å². The maximum atomic E-state index is 11.6. The maximum Gasteiger partial charge on any atom is 0.249 e. The first kappa shape index (κ1) is 10.9. The molecule has 2 atom stereocenters. The van der Waals surface area contributed by atoms with Crippen molar-refractivity contribution in [2.75, 3.05) is 6.54 Å². The van der Waals surface area contributed by atoms with E-state index in [2.05, 4.69) is 5.32 Å². The maximum absolute atomic E-state index is 11.6. The third-order valence-corrected chi connectivity index (χ3v) is 3.30. The molecular weight excluding hydrogens is 194 g/mol. The molecule has 0 bridgehead atoms. The molecule has 0 aromatic carbocycles. The molecule has 86 valence electrons. The van der Waals surface area contributed by atoms with Crippen molar-refractivity contribution >= 4 is 5.91 Å². The van der Waals surface area contributed by atoms with Crippen LogP contribution in [0.25, 0.3) is 0 Å². The normalized spacial score (nSPS) is 39.9. The Morgan fingerprint density at radius 2 is 2.20 bits per heavy atom. The van der Waals surface area contributed by atoms with Crippen molar-refractivity contribution in [3.05, 3.63) is 0 Å². The van der Waals surface area contributed by atoms with Gasteiger partial charge in [-0.05, 0) is 38.5 Å². The summed E-state index contributed by atoms with van der Waals surface area (Å²) in [5.41, 5.74) is 0. The van der Waals surface area contributed by atoms with Gasteiger partial charge >= 0.3 is 0 Å². The Labute approximate surface area is 90.0 Å². The van der Waals surface area contributed by atoms with Crippen molar-refractivity contribution in [1.82, 2.24) is 5.32 Å². The van der Waals surface area contributed by atoms with E-state index in [1.165, 1.54) is 0 Å². The smallest absolute Gasteiger partial charge is 0.249 e. The number of aliphatic hydroxyl groups excluding tert-OH is 1. The van der Waals surface area contributed by atoms with Crippen LogP contribution in [0.3, 0.4) is 0 Å². The molecule has 1 heterocycles. The molecule has 2 unspecified atom stereocenters. The fourth-order valence-electron chi connectivity index (χ4n) is 2.22. The first-order valence-corrected chi connectivity index (χ1v) is 5.76. The number of aliphatic hydroxyl groups is 1. The third-order valence-electron chi connectivity index (χ3n) is 3.30. The lowest BCUT2D eigenvalue weighted by Gasteiger charge is -2.31. The molecule has 2 rings (SSSR count). The lowest BCUT2D eigenvalue weighted by Crippen LogP contribution is -2.42. The van der Waals surface area contributed by atoms with Crippen molar-refractivity contribution in [1.29, 1.82) is 0 Å². The summed E-state index contributed by atoms with van der Waals surface area (Å²) in [5.74, 6) is 0.475. The van der Waals surface area contributed by atoms with Crippen LogP contribution in [0.2, 0.25) is 0 Å². The van der Waals surface area contributed by atoms with Crippen LogP contribution in [0.4, 0.5) is 0 Å². The van der Waals surface area contributed by atoms with Crippen LogP contribution in [-0.4, -0.2) is 35.9 Å². The molecule has 0 spiro atoms. The average molecular weight is 213 g/mol. The fraction of sp³-hybridized carbons (Fsp3) is 0.909. The highest BCUT2D eigenvalue weighted by atomic mass is 16.5. The molecule has 4 nitrogen and oxygen atoms in total. The van der Waals surface area contributed by atoms with Gasteiger partial charge in [0.15, 0.2) is 0 Å². The van der Waals surface area contributed by atoms with E-state index in [9.17, 15) is 4.79 Å². The molecule has 0 aromatic heterocycles. The van der Waals surface area contributed by atoms with E-state index in [4.69, 9.17) is 9.84 Å². The largest absolute Gasteiger partial charge is 0.393 e. The van der Waals surface area contributed by atoms with Gasteiger partial charge in [-0.25, -0.2) is 0 Å². The molecule has 1 aliphatic heterocycles. The highest BCUT2D eigenvalue weighted by Gasteiger charge is 2.31. The summed E-state index contributed by atoms with van der Waals surface area (Å²) >= 11 is 0. The van der Waals surface area contributed by atoms with Gasteiger partial charge in [0.05, 0.1) is 12.2 Å². The second kappa shape index (κ2) is 4.49. The zero-order valence-corrected chi connectivity index (χ0v) is 9.11. The molecule has 15 heavy (non-hydrogen) atoms. The Balaban J connectivity index is 1.64. The molecule has 1 aliphatic carbocycles. The molecule has 0 radical (unpaired) electrons. The van der Waals surface area contributed by atoms with Crippen LogP contribution in [0.1, 0.15) is 32.6 Å². The summed E-state index contributed by atoms with van der Waals surface area (Å²) in [6.45, 7) is 2.68. The van der Waals surface area contributed by atoms with E-state index in [0.29, 0.717) is 12.5 Å². The monoisotopic (exact) mass is 213 g/mol. The minimum absolute atomic E-state index is 0.0146. The number of carbonyl (C=O) groups excluding carboxylic acids is 1. The average Bonchev–Trinajstić information content (AvgIpc) is 2.57. The Bertz CT molecular complexity index is 238. The van der Waals surface area contributed by atoms with Crippen LogP contribution in [0, 0.1) is 5.92 Å². The number of rotatable bonds is 3. The van der Waals surface area contributed by atoms with Crippen molar-refractivity contribution in [3.8, 4) is 0 Å². The van der Waals surface area contributed by atoms with Gasteiger partial charge in [0.2, 0.25) is 5.91 Å². The highest BCUT2D eigenvalue weighted by molar-refractivity contribution is 5.81. The van der Waals surface area contributed by atoms with Gasteiger partial charge in [-0.3, -0.25) is 4.79 Å². The quantitative estimate of drug-likeness (QED) is 0.715. The molecule has 1 amide bonds. The standard InChI is InChI=1S/C11H19NO3/c1-7-2-3-10(15-7)11(14)12-6-8-4-9(13)5-8/h7-10,13H,2-6H2,1H3,(H,12,14). The number of hydrogen-bond donors (Lipinski definition) is 2. The molecule has 2 N–H and O–H groups in total. The summed E-state index contributed by atoms with van der Waals surface area (Å²) < 4.78 is 5.47. The van der Waals surface area contributed by atoms with E-state index in [1.54, 1.807) is 0 Å². The predicted molar refractivity (Wildman–Crippen MR) is 55.3 cm³/mol. The predicted octanol–water partition coefficient (Wildman–Crippen LogP) is 0.441. The van der Waals surface area contributed by atoms with Gasteiger partial charge in [-0.15, -0.1) is 0 Å². The summed E-state index contributed by atoms with van der Waals surface area (Å²) in [7, 11) is 0. The van der Waals surface area contributed by atoms with Gasteiger partial charge in [0.1, 0.15) is 6.10 Å². The molecule has 2 aliphatic rings. The Hall–Kier alpha value is -0.610. The molecule has 2 fully saturated rings. The molecule has 1 saturated carbocycles. The van der Waals surface area contributed by atoms with E-state index in [0.717, 1.165) is 25.7 Å². The Morgan fingerprint density at radius 3 is 2.73 bits per heavy atom. The summed E-state index contributed by atoms with van der Waals surface area (Å²) in [5, 5.41) is 12.0. The minimum Gasteiger partial charge on any atom is -0.393 e. The van der Waals surface area contributed by atoms with E-state index in [-0.39, 0.29) is 24.2 Å². The second-order valence-electron chi connectivity index (χ2n) is 4.75. The molecule has 1 saturated heterocycles. The van der Waals surface area contributed by atoms with Crippen molar-refractivity contribution in [3.63, 3.8) is 0 Å². The first-order chi connectivity index (χ1) is 7.15. The van der Waals surface area contributed by atoms with Gasteiger partial charge < -0.3 is 15.2 Å². The molecular formula is C11H19NO3. The SMILES string of the molecule is CC1CCC(C(=O)NCC2CC(O)C2)O1. The Kier molecular flexibility index (Phi) is 3.26. The van der Waals surface area contributed by atoms with E-state index >= 15 is 0 Å². The summed E-state index contributed by atoms with van der Waals surface area (Å²) in [6, 6.07) is 0. The lowest BCUT2D eigenvalue weighted by atomic mass is 9.82. The zero-order valence-electron chi connectivity index (χ0n) is 9.11. The van der Waals surface area contributed by atoms with Gasteiger partial charge in [0.25, 0.3) is 0 Å². The van der Waals surface area contributed by atoms with Gasteiger partial charge in [-0.2, -0.15) is 0 Å². The number of ether oxygens (including phenoxy) is 1.